The van der Waals surface area contributed by atoms with Crippen LogP contribution in [0.5, 0.6) is 5.75 Å². The van der Waals surface area contributed by atoms with Gasteiger partial charge in [-0.2, -0.15) is 0 Å². The van der Waals surface area contributed by atoms with E-state index < -0.39 is 19.3 Å². The van der Waals surface area contributed by atoms with Gasteiger partial charge in [-0.1, -0.05) is 26.0 Å². The normalized spacial score (nSPS) is 9.85. The van der Waals surface area contributed by atoms with Crippen molar-refractivity contribution in [3.05, 3.63) is 24.3 Å². The molecule has 0 saturated carbocycles. The Kier molecular flexibility index (Phi) is 4.92. The highest BCUT2D eigenvalue weighted by molar-refractivity contribution is 7.01. The Hall–Kier alpha value is 0.0762. The second-order valence-corrected chi connectivity index (χ2v) is 5.37. The molecular formula is C10H13ClMgO. The molecule has 1 aromatic carbocycles. The number of hydrogen-bond acceptors (Lipinski definition) is 1. The van der Waals surface area contributed by atoms with Crippen molar-refractivity contribution < 1.29 is 4.74 Å². The summed E-state index contributed by atoms with van der Waals surface area (Å²) in [6, 6.07) is 8.08. The summed E-state index contributed by atoms with van der Waals surface area (Å²) in [6.07, 6.45) is 0. The molecule has 68 valence electrons. The molecule has 0 aliphatic carbocycles. The van der Waals surface area contributed by atoms with Gasteiger partial charge in [0, 0.05) is 0 Å². The Labute approximate surface area is 92.9 Å². The molecule has 0 aliphatic rings. The maximum atomic E-state index is 5.84. The fourth-order valence-corrected chi connectivity index (χ4v) is 1.98. The van der Waals surface area contributed by atoms with Crippen LogP contribution in [-0.4, -0.2) is 25.9 Å². The lowest BCUT2D eigenvalue weighted by atomic mass is 10.2. The smallest absolute Gasteiger partial charge is 0.493 e. The van der Waals surface area contributed by atoms with E-state index in [0.29, 0.717) is 5.92 Å². The molecule has 0 spiro atoms. The van der Waals surface area contributed by atoms with Gasteiger partial charge in [0.2, 0.25) is 0 Å². The molecule has 1 rings (SSSR count). The zero-order valence-corrected chi connectivity index (χ0v) is 10.3. The van der Waals surface area contributed by atoms with E-state index in [2.05, 4.69) is 19.9 Å². The summed E-state index contributed by atoms with van der Waals surface area (Å²) in [4.78, 5) is 0. The summed E-state index contributed by atoms with van der Waals surface area (Å²) in [5, 5.41) is 0. The molecule has 13 heavy (non-hydrogen) atoms. The van der Waals surface area contributed by atoms with Gasteiger partial charge in [-0.05, 0) is 18.1 Å². The second kappa shape index (κ2) is 5.73. The minimum atomic E-state index is -0.574. The molecule has 0 radical (unpaired) electrons. The van der Waals surface area contributed by atoms with Crippen LogP contribution in [0.4, 0.5) is 0 Å². The SMILES string of the molecule is CC(C)COc1ccc[c]([Mg][Cl])c1. The molecule has 0 N–H and O–H groups in total. The van der Waals surface area contributed by atoms with Crippen LogP contribution in [0.25, 0.3) is 0 Å². The van der Waals surface area contributed by atoms with Gasteiger partial charge >= 0.3 is 19.3 Å². The third kappa shape index (κ3) is 4.20. The maximum Gasteiger partial charge on any atom is 0.538 e. The molecule has 0 atom stereocenters. The number of hydrogen-bond donors (Lipinski definition) is 0. The van der Waals surface area contributed by atoms with Gasteiger partial charge in [-0.15, -0.1) is 3.69 Å². The van der Waals surface area contributed by atoms with Crippen molar-refractivity contribution in [3.63, 3.8) is 0 Å². The Morgan fingerprint density at radius 1 is 1.46 bits per heavy atom. The number of benzene rings is 1. The van der Waals surface area contributed by atoms with Crippen LogP contribution >= 0.6 is 9.07 Å². The van der Waals surface area contributed by atoms with Crippen LogP contribution in [-0.2, 0) is 0 Å². The van der Waals surface area contributed by atoms with E-state index in [4.69, 9.17) is 13.8 Å². The van der Waals surface area contributed by atoms with Gasteiger partial charge in [0.15, 0.2) is 0 Å². The average molecular weight is 209 g/mol. The third-order valence-corrected chi connectivity index (χ3v) is 3.31. The summed E-state index contributed by atoms with van der Waals surface area (Å²) in [7, 11) is 5.84. The number of ether oxygens (including phenoxy) is 1. The van der Waals surface area contributed by atoms with Gasteiger partial charge in [0.05, 0.1) is 6.61 Å². The van der Waals surface area contributed by atoms with Gasteiger partial charge in [-0.3, -0.25) is 0 Å². The maximum absolute atomic E-state index is 5.84. The monoisotopic (exact) mass is 208 g/mol. The van der Waals surface area contributed by atoms with E-state index >= 15 is 0 Å². The number of rotatable bonds is 4. The Bertz CT molecular complexity index is 263. The van der Waals surface area contributed by atoms with Gasteiger partial charge in [0.25, 0.3) is 0 Å². The van der Waals surface area contributed by atoms with Crippen LogP contribution in [0.2, 0.25) is 0 Å². The summed E-state index contributed by atoms with van der Waals surface area (Å²) in [6.45, 7) is 5.05. The zero-order valence-electron chi connectivity index (χ0n) is 8.09. The molecule has 0 unspecified atom stereocenters. The highest BCUT2D eigenvalue weighted by atomic mass is 35.5. The van der Waals surface area contributed by atoms with Crippen molar-refractivity contribution in [3.8, 4) is 5.75 Å². The van der Waals surface area contributed by atoms with Crippen LogP contribution < -0.4 is 8.43 Å². The molecule has 0 aromatic heterocycles. The van der Waals surface area contributed by atoms with E-state index in [9.17, 15) is 0 Å². The van der Waals surface area contributed by atoms with Crippen molar-refractivity contribution >= 4 is 32.0 Å². The zero-order chi connectivity index (χ0) is 9.68. The third-order valence-electron chi connectivity index (χ3n) is 1.64. The first-order chi connectivity index (χ1) is 6.22. The summed E-state index contributed by atoms with van der Waals surface area (Å²) in [5.41, 5.74) is 0. The average Bonchev–Trinajstić information content (AvgIpc) is 2.15. The van der Waals surface area contributed by atoms with Crippen molar-refractivity contribution in [2.24, 2.45) is 5.92 Å². The van der Waals surface area contributed by atoms with E-state index in [0.717, 1.165) is 12.4 Å². The minimum Gasteiger partial charge on any atom is -0.493 e. The van der Waals surface area contributed by atoms with Crippen molar-refractivity contribution in [2.45, 2.75) is 13.8 Å². The first-order valence-electron chi connectivity index (χ1n) is 4.50. The highest BCUT2D eigenvalue weighted by Gasteiger charge is 1.99. The minimum absolute atomic E-state index is 0.567. The van der Waals surface area contributed by atoms with Crippen molar-refractivity contribution in [1.82, 2.24) is 0 Å². The molecule has 1 nitrogen and oxygen atoms in total. The number of halogens is 1. The highest BCUT2D eigenvalue weighted by Crippen LogP contribution is 2.08. The molecule has 3 heteroatoms. The molecule has 1 aromatic rings. The molecule has 0 fully saturated rings. The molecule has 0 aliphatic heterocycles. The second-order valence-electron chi connectivity index (χ2n) is 3.49. The van der Waals surface area contributed by atoms with Crippen LogP contribution in [0.3, 0.4) is 0 Å². The van der Waals surface area contributed by atoms with Crippen LogP contribution in [0.15, 0.2) is 24.3 Å². The van der Waals surface area contributed by atoms with E-state index in [-0.39, 0.29) is 0 Å². The van der Waals surface area contributed by atoms with E-state index in [1.165, 1.54) is 3.69 Å². The standard InChI is InChI=1S/C10H13O.ClH.Mg/c1-9(2)8-11-10-6-4-3-5-7-10;;/h3-4,6-7,9H,8H2,1-2H3;1H;/q;;+1/p-1. The van der Waals surface area contributed by atoms with E-state index in [1.54, 1.807) is 0 Å². The first kappa shape index (κ1) is 11.2. The topological polar surface area (TPSA) is 9.23 Å². The summed E-state index contributed by atoms with van der Waals surface area (Å²) >= 11 is -0.574. The van der Waals surface area contributed by atoms with Gasteiger partial charge in [-0.25, -0.2) is 0 Å². The van der Waals surface area contributed by atoms with Gasteiger partial charge < -0.3 is 13.8 Å². The van der Waals surface area contributed by atoms with Crippen LogP contribution in [0, 0.1) is 5.92 Å². The molecule has 0 saturated heterocycles. The fourth-order valence-electron chi connectivity index (χ4n) is 0.981. The predicted octanol–water partition coefficient (Wildman–Crippen LogP) is 2.20. The quantitative estimate of drug-likeness (QED) is 0.690. The lowest BCUT2D eigenvalue weighted by molar-refractivity contribution is 0.271. The molecule has 0 heterocycles. The van der Waals surface area contributed by atoms with Crippen LogP contribution in [0.1, 0.15) is 13.8 Å². The molecule has 0 bridgehead atoms. The molecular weight excluding hydrogens is 196 g/mol. The molecule has 0 amide bonds. The first-order valence-corrected chi connectivity index (χ1v) is 7.34. The van der Waals surface area contributed by atoms with Crippen molar-refractivity contribution in [2.75, 3.05) is 6.61 Å². The Morgan fingerprint density at radius 3 is 2.85 bits per heavy atom. The lowest BCUT2D eigenvalue weighted by Crippen LogP contribution is -2.10. The Balaban J connectivity index is 2.56. The van der Waals surface area contributed by atoms with Gasteiger partial charge in [0.1, 0.15) is 5.75 Å². The van der Waals surface area contributed by atoms with Crippen molar-refractivity contribution in [1.29, 1.82) is 0 Å². The Morgan fingerprint density at radius 2 is 2.23 bits per heavy atom. The van der Waals surface area contributed by atoms with E-state index in [1.807, 2.05) is 18.2 Å². The predicted molar refractivity (Wildman–Crippen MR) is 58.0 cm³/mol. The summed E-state index contributed by atoms with van der Waals surface area (Å²) < 4.78 is 6.81. The summed E-state index contributed by atoms with van der Waals surface area (Å²) in [5.74, 6) is 1.51. The fraction of sp³-hybridized carbons (Fsp3) is 0.400. The largest absolute Gasteiger partial charge is 0.538 e. The lowest BCUT2D eigenvalue weighted by Gasteiger charge is -2.09.